The van der Waals surface area contributed by atoms with Crippen LogP contribution in [-0.2, 0) is 0 Å². The van der Waals surface area contributed by atoms with Gasteiger partial charge in [-0.2, -0.15) is 0 Å². The van der Waals surface area contributed by atoms with Crippen LogP contribution in [0.2, 0.25) is 0 Å². The molecule has 1 N–H and O–H groups in total. The quantitative estimate of drug-likeness (QED) is 0.626. The van der Waals surface area contributed by atoms with Gasteiger partial charge in [0.15, 0.2) is 0 Å². The number of aliphatic hydroxyl groups is 1. The van der Waals surface area contributed by atoms with Crippen LogP contribution in [0.25, 0.3) is 0 Å². The topological polar surface area (TPSA) is 20.2 Å². The summed E-state index contributed by atoms with van der Waals surface area (Å²) in [6.45, 7) is 7.79. The first-order valence-corrected chi connectivity index (χ1v) is 4.89. The summed E-state index contributed by atoms with van der Waals surface area (Å²) in [7, 11) is 0. The fraction of sp³-hybridized carbons (Fsp3) is 0.818. The summed E-state index contributed by atoms with van der Waals surface area (Å²) in [5, 5.41) is 9.46. The fourth-order valence-corrected chi connectivity index (χ4v) is 1.44. The average Bonchev–Trinajstić information content (AvgIpc) is 2.64. The van der Waals surface area contributed by atoms with Crippen molar-refractivity contribution >= 4 is 0 Å². The van der Waals surface area contributed by atoms with Crippen LogP contribution in [0, 0.1) is 5.92 Å². The molecule has 0 spiro atoms. The maximum atomic E-state index is 9.46. The predicted molar refractivity (Wildman–Crippen MR) is 52.0 cm³/mol. The number of hydrogen-bond donors (Lipinski definition) is 1. The maximum Gasteiger partial charge on any atom is 0.0591 e. The third kappa shape index (κ3) is 3.91. The van der Waals surface area contributed by atoms with Gasteiger partial charge in [0.25, 0.3) is 0 Å². The molecule has 0 aromatic carbocycles. The molecule has 0 atom stereocenters. The third-order valence-electron chi connectivity index (χ3n) is 2.44. The van der Waals surface area contributed by atoms with Crippen LogP contribution in [0.3, 0.4) is 0 Å². The Bertz CT molecular complexity index is 160. The van der Waals surface area contributed by atoms with Crippen molar-refractivity contribution < 1.29 is 5.11 Å². The highest BCUT2D eigenvalue weighted by Gasteiger charge is 2.24. The second-order valence-electron chi connectivity index (χ2n) is 4.60. The van der Waals surface area contributed by atoms with Crippen LogP contribution in [-0.4, -0.2) is 10.7 Å². The van der Waals surface area contributed by atoms with Crippen LogP contribution >= 0.6 is 0 Å². The second kappa shape index (κ2) is 3.61. The molecular weight excluding hydrogens is 148 g/mol. The second-order valence-corrected chi connectivity index (χ2v) is 4.60. The third-order valence-corrected chi connectivity index (χ3v) is 2.44. The van der Waals surface area contributed by atoms with E-state index in [1.54, 1.807) is 0 Å². The highest BCUT2D eigenvalue weighted by Crippen LogP contribution is 2.37. The van der Waals surface area contributed by atoms with Crippen LogP contribution in [0.15, 0.2) is 12.2 Å². The average molecular weight is 168 g/mol. The predicted octanol–water partition coefficient (Wildman–Crippen LogP) is 2.89. The van der Waals surface area contributed by atoms with Gasteiger partial charge < -0.3 is 5.11 Å². The molecule has 0 aromatic rings. The molecule has 1 rings (SSSR count). The van der Waals surface area contributed by atoms with Crippen molar-refractivity contribution in [2.75, 3.05) is 0 Å². The van der Waals surface area contributed by atoms with Crippen molar-refractivity contribution in [3.8, 4) is 0 Å². The van der Waals surface area contributed by atoms with E-state index in [0.29, 0.717) is 0 Å². The molecule has 0 radical (unpaired) electrons. The molecule has 0 unspecified atom stereocenters. The zero-order valence-corrected chi connectivity index (χ0v) is 8.27. The van der Waals surface area contributed by atoms with E-state index in [0.717, 1.165) is 25.2 Å². The molecule has 12 heavy (non-hydrogen) atoms. The van der Waals surface area contributed by atoms with Crippen LogP contribution in [0.4, 0.5) is 0 Å². The minimum Gasteiger partial charge on any atom is -0.390 e. The molecule has 0 heterocycles. The lowest BCUT2D eigenvalue weighted by Gasteiger charge is -2.16. The Morgan fingerprint density at radius 1 is 1.50 bits per heavy atom. The first-order chi connectivity index (χ1) is 5.49. The van der Waals surface area contributed by atoms with E-state index in [4.69, 9.17) is 0 Å². The Labute approximate surface area is 75.5 Å². The fourth-order valence-electron chi connectivity index (χ4n) is 1.44. The molecule has 70 valence electrons. The van der Waals surface area contributed by atoms with Gasteiger partial charge in [-0.15, -0.1) is 0 Å². The first-order valence-electron chi connectivity index (χ1n) is 4.89. The van der Waals surface area contributed by atoms with Crippen molar-refractivity contribution in [1.82, 2.24) is 0 Å². The van der Waals surface area contributed by atoms with E-state index < -0.39 is 5.60 Å². The van der Waals surface area contributed by atoms with Gasteiger partial charge in [0.05, 0.1) is 5.60 Å². The van der Waals surface area contributed by atoms with Crippen LogP contribution in [0.5, 0.6) is 0 Å². The molecular formula is C11H20O. The van der Waals surface area contributed by atoms with Gasteiger partial charge in [0.1, 0.15) is 0 Å². The summed E-state index contributed by atoms with van der Waals surface area (Å²) in [5.74, 6) is 0.826. The molecule has 1 nitrogen and oxygen atoms in total. The minimum absolute atomic E-state index is 0.496. The molecule has 0 saturated heterocycles. The summed E-state index contributed by atoms with van der Waals surface area (Å²) in [6, 6.07) is 0. The Hall–Kier alpha value is -0.300. The Kier molecular flexibility index (Phi) is 2.94. The molecule has 0 amide bonds. The number of hydrogen-bond acceptors (Lipinski definition) is 1. The van der Waals surface area contributed by atoms with Gasteiger partial charge in [-0.3, -0.25) is 0 Å². The Morgan fingerprint density at radius 2 is 2.08 bits per heavy atom. The summed E-state index contributed by atoms with van der Waals surface area (Å²) >= 11 is 0. The van der Waals surface area contributed by atoms with Crippen molar-refractivity contribution in [3.63, 3.8) is 0 Å². The lowest BCUT2D eigenvalue weighted by atomic mass is 9.98. The zero-order valence-electron chi connectivity index (χ0n) is 8.27. The van der Waals surface area contributed by atoms with Gasteiger partial charge in [-0.1, -0.05) is 12.2 Å². The van der Waals surface area contributed by atoms with E-state index in [1.807, 2.05) is 13.8 Å². The molecule has 1 fully saturated rings. The molecule has 1 aliphatic rings. The van der Waals surface area contributed by atoms with E-state index in [-0.39, 0.29) is 0 Å². The van der Waals surface area contributed by atoms with Gasteiger partial charge in [-0.25, -0.2) is 0 Å². The van der Waals surface area contributed by atoms with Crippen molar-refractivity contribution in [1.29, 1.82) is 0 Å². The monoisotopic (exact) mass is 168 g/mol. The lowest BCUT2D eigenvalue weighted by Crippen LogP contribution is -2.17. The summed E-state index contributed by atoms with van der Waals surface area (Å²) in [4.78, 5) is 0. The number of rotatable bonds is 5. The normalized spacial score (nSPS) is 17.9. The zero-order chi connectivity index (χ0) is 9.19. The van der Waals surface area contributed by atoms with Crippen molar-refractivity contribution in [2.45, 2.75) is 51.6 Å². The van der Waals surface area contributed by atoms with E-state index in [9.17, 15) is 5.11 Å². The first kappa shape index (κ1) is 9.79. The molecule has 0 bridgehead atoms. The molecule has 0 aliphatic heterocycles. The summed E-state index contributed by atoms with van der Waals surface area (Å²) in [6.07, 6.45) is 5.77. The molecule has 1 aliphatic carbocycles. The SMILES string of the molecule is C=C(CCCC(C)(C)O)C1CC1. The van der Waals surface area contributed by atoms with Gasteiger partial charge >= 0.3 is 0 Å². The van der Waals surface area contributed by atoms with E-state index in [1.165, 1.54) is 18.4 Å². The maximum absolute atomic E-state index is 9.46. The highest BCUT2D eigenvalue weighted by atomic mass is 16.3. The number of allylic oxidation sites excluding steroid dienone is 1. The Balaban J connectivity index is 2.05. The van der Waals surface area contributed by atoms with Gasteiger partial charge in [0, 0.05) is 0 Å². The van der Waals surface area contributed by atoms with Gasteiger partial charge in [-0.05, 0) is 51.9 Å². The van der Waals surface area contributed by atoms with Crippen molar-refractivity contribution in [3.05, 3.63) is 12.2 Å². The Morgan fingerprint density at radius 3 is 2.50 bits per heavy atom. The van der Waals surface area contributed by atoms with E-state index >= 15 is 0 Å². The van der Waals surface area contributed by atoms with Crippen molar-refractivity contribution in [2.24, 2.45) is 5.92 Å². The smallest absolute Gasteiger partial charge is 0.0591 e. The van der Waals surface area contributed by atoms with Crippen LogP contribution in [0.1, 0.15) is 46.0 Å². The summed E-state index contributed by atoms with van der Waals surface area (Å²) < 4.78 is 0. The van der Waals surface area contributed by atoms with E-state index in [2.05, 4.69) is 6.58 Å². The highest BCUT2D eigenvalue weighted by molar-refractivity contribution is 5.07. The largest absolute Gasteiger partial charge is 0.390 e. The lowest BCUT2D eigenvalue weighted by molar-refractivity contribution is 0.0688. The molecule has 0 aromatic heterocycles. The standard InChI is InChI=1S/C11H20O/c1-9(10-6-7-10)5-4-8-11(2,3)12/h10,12H,1,4-8H2,2-3H3. The van der Waals surface area contributed by atoms with Gasteiger partial charge in [0.2, 0.25) is 0 Å². The molecule has 1 heteroatoms. The van der Waals surface area contributed by atoms with Crippen LogP contribution < -0.4 is 0 Å². The summed E-state index contributed by atoms with van der Waals surface area (Å²) in [5.41, 5.74) is 0.906. The molecule has 1 saturated carbocycles. The minimum atomic E-state index is -0.496.